The number of piperidine rings is 1. The van der Waals surface area contributed by atoms with E-state index in [0.29, 0.717) is 25.2 Å². The fraction of sp³-hybridized carbons (Fsp3) is 0.909. The van der Waals surface area contributed by atoms with Crippen molar-refractivity contribution < 1.29 is 9.53 Å². The molecule has 0 radical (unpaired) electrons. The maximum absolute atomic E-state index is 11.4. The molecular formula is C11H22N2O2. The molecule has 1 aliphatic heterocycles. The lowest BCUT2D eigenvalue weighted by molar-refractivity contribution is -0.126. The van der Waals surface area contributed by atoms with Crippen molar-refractivity contribution in [3.05, 3.63) is 0 Å². The van der Waals surface area contributed by atoms with Crippen LogP contribution in [0.15, 0.2) is 0 Å². The Morgan fingerprint density at radius 3 is 2.73 bits per heavy atom. The summed E-state index contributed by atoms with van der Waals surface area (Å²) in [5.74, 6) is 0.0172. The van der Waals surface area contributed by atoms with E-state index in [1.165, 1.54) is 0 Å². The quantitative estimate of drug-likeness (QED) is 0.716. The van der Waals surface area contributed by atoms with E-state index >= 15 is 0 Å². The number of ether oxygens (including phenoxy) is 1. The van der Waals surface area contributed by atoms with Crippen molar-refractivity contribution in [3.63, 3.8) is 0 Å². The van der Waals surface area contributed by atoms with Gasteiger partial charge < -0.3 is 15.8 Å². The molecule has 4 unspecified atom stereocenters. The van der Waals surface area contributed by atoms with Gasteiger partial charge in [-0.15, -0.1) is 0 Å². The van der Waals surface area contributed by atoms with Gasteiger partial charge in [0, 0.05) is 18.7 Å². The molecule has 4 nitrogen and oxygen atoms in total. The third-order valence-corrected chi connectivity index (χ3v) is 3.10. The second-order valence-electron chi connectivity index (χ2n) is 4.47. The van der Waals surface area contributed by atoms with E-state index in [1.807, 2.05) is 6.92 Å². The van der Waals surface area contributed by atoms with E-state index in [2.05, 4.69) is 19.2 Å². The van der Waals surface area contributed by atoms with Crippen molar-refractivity contribution in [1.82, 2.24) is 5.32 Å². The van der Waals surface area contributed by atoms with Crippen molar-refractivity contribution in [1.29, 1.82) is 0 Å². The maximum Gasteiger partial charge on any atom is 0.222 e. The van der Waals surface area contributed by atoms with Crippen LogP contribution in [-0.4, -0.2) is 31.2 Å². The minimum atomic E-state index is -0.216. The van der Waals surface area contributed by atoms with Gasteiger partial charge >= 0.3 is 0 Å². The molecule has 0 spiro atoms. The molecule has 0 aromatic heterocycles. The molecule has 4 atom stereocenters. The number of hydrogen-bond acceptors (Lipinski definition) is 3. The predicted molar refractivity (Wildman–Crippen MR) is 59.3 cm³/mol. The van der Waals surface area contributed by atoms with E-state index < -0.39 is 0 Å². The van der Waals surface area contributed by atoms with Crippen molar-refractivity contribution >= 4 is 5.91 Å². The van der Waals surface area contributed by atoms with Crippen LogP contribution in [0.4, 0.5) is 0 Å². The molecule has 4 heteroatoms. The number of nitrogens with one attached hydrogen (secondary N) is 1. The number of nitrogens with two attached hydrogens (primary N) is 1. The standard InChI is InChI=1S/C11H22N2O2/c1-4-15-6-9-10(11(12)14)7(2)5-8(3)13-9/h7-10,13H,4-6H2,1-3H3,(H2,12,14). The van der Waals surface area contributed by atoms with Gasteiger partial charge in [0.05, 0.1) is 12.5 Å². The molecule has 88 valence electrons. The van der Waals surface area contributed by atoms with Crippen molar-refractivity contribution in [2.24, 2.45) is 17.6 Å². The topological polar surface area (TPSA) is 64.3 Å². The molecule has 3 N–H and O–H groups in total. The number of primary amides is 1. The Labute approximate surface area is 91.5 Å². The number of hydrogen-bond donors (Lipinski definition) is 2. The summed E-state index contributed by atoms with van der Waals surface area (Å²) in [6.07, 6.45) is 0.996. The van der Waals surface area contributed by atoms with E-state index in [0.717, 1.165) is 6.42 Å². The monoisotopic (exact) mass is 214 g/mol. The van der Waals surface area contributed by atoms with Crippen LogP contribution in [-0.2, 0) is 9.53 Å². The van der Waals surface area contributed by atoms with Crippen LogP contribution in [0, 0.1) is 11.8 Å². The van der Waals surface area contributed by atoms with Gasteiger partial charge in [0.2, 0.25) is 5.91 Å². The van der Waals surface area contributed by atoms with Gasteiger partial charge in [-0.3, -0.25) is 4.79 Å². The van der Waals surface area contributed by atoms with E-state index in [9.17, 15) is 4.79 Å². The highest BCUT2D eigenvalue weighted by Crippen LogP contribution is 2.26. The van der Waals surface area contributed by atoms with E-state index in [-0.39, 0.29) is 17.9 Å². The summed E-state index contributed by atoms with van der Waals surface area (Å²) in [6.45, 7) is 7.42. The molecule has 0 aromatic carbocycles. The second-order valence-corrected chi connectivity index (χ2v) is 4.47. The molecule has 15 heavy (non-hydrogen) atoms. The first-order valence-electron chi connectivity index (χ1n) is 5.69. The molecule has 1 amide bonds. The molecule has 1 rings (SSSR count). The summed E-state index contributed by atoms with van der Waals surface area (Å²) < 4.78 is 5.38. The highest BCUT2D eigenvalue weighted by atomic mass is 16.5. The fourth-order valence-electron chi connectivity index (χ4n) is 2.51. The first kappa shape index (κ1) is 12.5. The number of carbonyl (C=O) groups excluding carboxylic acids is 1. The van der Waals surface area contributed by atoms with Gasteiger partial charge in [0.25, 0.3) is 0 Å². The van der Waals surface area contributed by atoms with Crippen LogP contribution in [0.1, 0.15) is 27.2 Å². The Morgan fingerprint density at radius 2 is 2.20 bits per heavy atom. The average Bonchev–Trinajstić information content (AvgIpc) is 2.12. The summed E-state index contributed by atoms with van der Waals surface area (Å²) in [5.41, 5.74) is 5.43. The lowest BCUT2D eigenvalue weighted by Crippen LogP contribution is -2.56. The summed E-state index contributed by atoms with van der Waals surface area (Å²) in [7, 11) is 0. The number of carbonyl (C=O) groups is 1. The Hall–Kier alpha value is -0.610. The summed E-state index contributed by atoms with van der Waals surface area (Å²) in [4.78, 5) is 11.4. The zero-order valence-corrected chi connectivity index (χ0v) is 9.82. The highest BCUT2D eigenvalue weighted by Gasteiger charge is 2.37. The van der Waals surface area contributed by atoms with Gasteiger partial charge in [0.1, 0.15) is 0 Å². The molecule has 0 aliphatic carbocycles. The van der Waals surface area contributed by atoms with Gasteiger partial charge in [-0.25, -0.2) is 0 Å². The normalized spacial score (nSPS) is 36.5. The lowest BCUT2D eigenvalue weighted by Gasteiger charge is -2.38. The van der Waals surface area contributed by atoms with E-state index in [1.54, 1.807) is 0 Å². The molecule has 1 fully saturated rings. The maximum atomic E-state index is 11.4. The molecular weight excluding hydrogens is 192 g/mol. The lowest BCUT2D eigenvalue weighted by atomic mass is 9.79. The van der Waals surface area contributed by atoms with Crippen LogP contribution in [0.5, 0.6) is 0 Å². The van der Waals surface area contributed by atoms with E-state index in [4.69, 9.17) is 10.5 Å². The number of amides is 1. The van der Waals surface area contributed by atoms with Gasteiger partial charge in [-0.2, -0.15) is 0 Å². The Morgan fingerprint density at radius 1 is 1.53 bits per heavy atom. The molecule has 1 saturated heterocycles. The molecule has 0 saturated carbocycles. The first-order valence-corrected chi connectivity index (χ1v) is 5.69. The Kier molecular flexibility index (Phi) is 4.54. The molecule has 1 aliphatic rings. The van der Waals surface area contributed by atoms with Crippen molar-refractivity contribution in [3.8, 4) is 0 Å². The third kappa shape index (κ3) is 3.18. The zero-order chi connectivity index (χ0) is 11.4. The van der Waals surface area contributed by atoms with Crippen LogP contribution < -0.4 is 11.1 Å². The minimum Gasteiger partial charge on any atom is -0.380 e. The van der Waals surface area contributed by atoms with Crippen LogP contribution in [0.2, 0.25) is 0 Å². The number of rotatable bonds is 4. The highest BCUT2D eigenvalue weighted by molar-refractivity contribution is 5.78. The summed E-state index contributed by atoms with van der Waals surface area (Å²) in [6, 6.07) is 0.502. The second kappa shape index (κ2) is 5.47. The fourth-order valence-corrected chi connectivity index (χ4v) is 2.51. The Balaban J connectivity index is 2.64. The predicted octanol–water partition coefficient (Wildman–Crippen LogP) is 0.511. The molecule has 0 aromatic rings. The largest absolute Gasteiger partial charge is 0.380 e. The van der Waals surface area contributed by atoms with Crippen molar-refractivity contribution in [2.45, 2.75) is 39.3 Å². The van der Waals surface area contributed by atoms with Gasteiger partial charge in [-0.1, -0.05) is 6.92 Å². The summed E-state index contributed by atoms with van der Waals surface area (Å²) >= 11 is 0. The zero-order valence-electron chi connectivity index (χ0n) is 9.82. The van der Waals surface area contributed by atoms with Crippen LogP contribution >= 0.6 is 0 Å². The molecule has 0 bridgehead atoms. The van der Waals surface area contributed by atoms with Crippen LogP contribution in [0.25, 0.3) is 0 Å². The van der Waals surface area contributed by atoms with Gasteiger partial charge in [0.15, 0.2) is 0 Å². The smallest absolute Gasteiger partial charge is 0.222 e. The van der Waals surface area contributed by atoms with Crippen molar-refractivity contribution in [2.75, 3.05) is 13.2 Å². The van der Waals surface area contributed by atoms with Crippen LogP contribution in [0.3, 0.4) is 0 Å². The third-order valence-electron chi connectivity index (χ3n) is 3.10. The summed E-state index contributed by atoms with van der Waals surface area (Å²) in [5, 5.41) is 3.39. The molecule has 1 heterocycles. The average molecular weight is 214 g/mol. The van der Waals surface area contributed by atoms with Gasteiger partial charge in [-0.05, 0) is 26.2 Å². The minimum absolute atomic E-state index is 0.0706. The Bertz CT molecular complexity index is 221. The first-order chi connectivity index (χ1) is 7.06. The SMILES string of the molecule is CCOCC1NC(C)CC(C)C1C(N)=O.